The maximum Gasteiger partial charge on any atom is 0.180 e. The van der Waals surface area contributed by atoms with Gasteiger partial charge in [-0.1, -0.05) is 18.2 Å². The lowest BCUT2D eigenvalue weighted by Crippen LogP contribution is -2.11. The quantitative estimate of drug-likeness (QED) is 0.636. The lowest BCUT2D eigenvalue weighted by atomic mass is 10.1. The lowest BCUT2D eigenvalue weighted by Gasteiger charge is -1.99. The van der Waals surface area contributed by atoms with E-state index in [4.69, 9.17) is 5.73 Å². The minimum Gasteiger partial charge on any atom is -0.323 e. The first-order valence-corrected chi connectivity index (χ1v) is 5.34. The van der Waals surface area contributed by atoms with Gasteiger partial charge in [0.15, 0.2) is 9.84 Å². The molecule has 2 N–H and O–H groups in total. The van der Waals surface area contributed by atoms with Crippen molar-refractivity contribution in [1.82, 2.24) is 0 Å². The van der Waals surface area contributed by atoms with E-state index in [2.05, 4.69) is 0 Å². The van der Waals surface area contributed by atoms with Crippen LogP contribution in [0.15, 0.2) is 29.2 Å². The molecule has 1 atom stereocenters. The molecular formula is C8H9NO2S. The molecule has 0 radical (unpaired) electrons. The highest BCUT2D eigenvalue weighted by Crippen LogP contribution is 2.30. The van der Waals surface area contributed by atoms with Crippen molar-refractivity contribution >= 4 is 9.84 Å². The van der Waals surface area contributed by atoms with E-state index in [1.165, 1.54) is 0 Å². The van der Waals surface area contributed by atoms with E-state index in [1.54, 1.807) is 24.3 Å². The lowest BCUT2D eigenvalue weighted by molar-refractivity contribution is 0.598. The molecule has 3 nitrogen and oxygen atoms in total. The van der Waals surface area contributed by atoms with Gasteiger partial charge >= 0.3 is 0 Å². The van der Waals surface area contributed by atoms with E-state index in [9.17, 15) is 8.42 Å². The predicted octanol–water partition coefficient (Wildman–Crippen LogP) is 0.474. The van der Waals surface area contributed by atoms with Crippen molar-refractivity contribution in [2.24, 2.45) is 5.73 Å². The number of sulfone groups is 1. The Bertz CT molecular complexity index is 411. The van der Waals surface area contributed by atoms with Crippen LogP contribution in [-0.2, 0) is 9.84 Å². The van der Waals surface area contributed by atoms with Crippen LogP contribution in [0.5, 0.6) is 0 Å². The van der Waals surface area contributed by atoms with Crippen LogP contribution in [0.1, 0.15) is 11.6 Å². The number of benzene rings is 1. The highest BCUT2D eigenvalue weighted by Gasteiger charge is 2.31. The van der Waals surface area contributed by atoms with Crippen molar-refractivity contribution in [1.29, 1.82) is 0 Å². The summed E-state index contributed by atoms with van der Waals surface area (Å²) < 4.78 is 22.8. The normalized spacial score (nSPS) is 25.2. The van der Waals surface area contributed by atoms with Crippen LogP contribution >= 0.6 is 0 Å². The molecule has 0 unspecified atom stereocenters. The Balaban J connectivity index is 2.74. The van der Waals surface area contributed by atoms with Crippen molar-refractivity contribution < 1.29 is 8.42 Å². The first kappa shape index (κ1) is 7.76. The zero-order valence-electron chi connectivity index (χ0n) is 6.40. The molecule has 0 bridgehead atoms. The molecule has 1 aliphatic rings. The number of fused-ring (bicyclic) bond motifs is 1. The molecular weight excluding hydrogens is 174 g/mol. The average Bonchev–Trinajstić information content (AvgIpc) is 2.25. The number of nitrogens with two attached hydrogens (primary N) is 1. The summed E-state index contributed by atoms with van der Waals surface area (Å²) in [6, 6.07) is 6.56. The summed E-state index contributed by atoms with van der Waals surface area (Å²) in [7, 11) is -3.08. The smallest absolute Gasteiger partial charge is 0.180 e. The molecule has 1 heterocycles. The topological polar surface area (TPSA) is 60.2 Å². The Morgan fingerprint density at radius 2 is 2.00 bits per heavy atom. The summed E-state index contributed by atoms with van der Waals surface area (Å²) in [5, 5.41) is 0. The molecule has 1 aliphatic heterocycles. The number of hydrogen-bond acceptors (Lipinski definition) is 3. The van der Waals surface area contributed by atoms with E-state index < -0.39 is 9.84 Å². The Kier molecular flexibility index (Phi) is 1.49. The van der Waals surface area contributed by atoms with Crippen molar-refractivity contribution in [2.45, 2.75) is 10.9 Å². The predicted molar refractivity (Wildman–Crippen MR) is 45.4 cm³/mol. The van der Waals surface area contributed by atoms with Crippen molar-refractivity contribution in [2.75, 3.05) is 5.75 Å². The second kappa shape index (κ2) is 2.31. The van der Waals surface area contributed by atoms with E-state index in [0.29, 0.717) is 4.90 Å². The van der Waals surface area contributed by atoms with Crippen LogP contribution in [-0.4, -0.2) is 14.2 Å². The van der Waals surface area contributed by atoms with Crippen molar-refractivity contribution in [3.63, 3.8) is 0 Å². The zero-order valence-corrected chi connectivity index (χ0v) is 7.21. The molecule has 0 saturated carbocycles. The standard InChI is InChI=1S/C8H9NO2S/c9-7-5-12(10,11)8-4-2-1-3-6(7)8/h1-4,7H,5,9H2/t7-/m0/s1. The molecule has 0 aromatic heterocycles. The minimum absolute atomic E-state index is 0.0480. The minimum atomic E-state index is -3.08. The Morgan fingerprint density at radius 1 is 1.33 bits per heavy atom. The van der Waals surface area contributed by atoms with Gasteiger partial charge in [-0.25, -0.2) is 8.42 Å². The van der Waals surface area contributed by atoms with Gasteiger partial charge in [-0.05, 0) is 11.6 Å². The van der Waals surface area contributed by atoms with E-state index in [0.717, 1.165) is 5.56 Å². The molecule has 64 valence electrons. The molecule has 1 aromatic rings. The van der Waals surface area contributed by atoms with Crippen LogP contribution in [0.25, 0.3) is 0 Å². The third kappa shape index (κ3) is 0.956. The van der Waals surface area contributed by atoms with Crippen LogP contribution in [0.4, 0.5) is 0 Å². The third-order valence-electron chi connectivity index (χ3n) is 2.05. The van der Waals surface area contributed by atoms with Gasteiger partial charge in [-0.15, -0.1) is 0 Å². The molecule has 4 heteroatoms. The van der Waals surface area contributed by atoms with Gasteiger partial charge in [0.05, 0.1) is 10.6 Å². The maximum absolute atomic E-state index is 11.4. The zero-order chi connectivity index (χ0) is 8.77. The average molecular weight is 183 g/mol. The van der Waals surface area contributed by atoms with Crippen LogP contribution in [0.3, 0.4) is 0 Å². The highest BCUT2D eigenvalue weighted by molar-refractivity contribution is 7.91. The van der Waals surface area contributed by atoms with E-state index in [1.807, 2.05) is 0 Å². The largest absolute Gasteiger partial charge is 0.323 e. The van der Waals surface area contributed by atoms with E-state index in [-0.39, 0.29) is 11.8 Å². The summed E-state index contributed by atoms with van der Waals surface area (Å²) in [5.41, 5.74) is 6.39. The second-order valence-corrected chi connectivity index (χ2v) is 4.93. The summed E-state index contributed by atoms with van der Waals surface area (Å²) in [6.45, 7) is 0. The number of rotatable bonds is 0. The first-order chi connectivity index (χ1) is 5.61. The molecule has 12 heavy (non-hydrogen) atoms. The molecule has 0 fully saturated rings. The van der Waals surface area contributed by atoms with E-state index >= 15 is 0 Å². The fraction of sp³-hybridized carbons (Fsp3) is 0.250. The van der Waals surface area contributed by atoms with Crippen LogP contribution in [0.2, 0.25) is 0 Å². The second-order valence-electron chi connectivity index (χ2n) is 2.93. The maximum atomic E-state index is 11.4. The van der Waals surface area contributed by atoms with Gasteiger partial charge in [0.1, 0.15) is 0 Å². The van der Waals surface area contributed by atoms with Crippen LogP contribution < -0.4 is 5.73 Å². The van der Waals surface area contributed by atoms with Gasteiger partial charge in [-0.3, -0.25) is 0 Å². The monoisotopic (exact) mass is 183 g/mol. The van der Waals surface area contributed by atoms with Crippen LogP contribution in [0, 0.1) is 0 Å². The van der Waals surface area contributed by atoms with Gasteiger partial charge in [0.2, 0.25) is 0 Å². The number of hydrogen-bond donors (Lipinski definition) is 1. The molecule has 2 rings (SSSR count). The van der Waals surface area contributed by atoms with Gasteiger partial charge in [0.25, 0.3) is 0 Å². The Morgan fingerprint density at radius 3 is 2.67 bits per heavy atom. The van der Waals surface area contributed by atoms with Crippen molar-refractivity contribution in [3.8, 4) is 0 Å². The Hall–Kier alpha value is -0.870. The summed E-state index contributed by atoms with van der Waals surface area (Å²) in [6.07, 6.45) is 0. The van der Waals surface area contributed by atoms with Crippen molar-refractivity contribution in [3.05, 3.63) is 29.8 Å². The summed E-state index contributed by atoms with van der Waals surface area (Å²) in [4.78, 5) is 0.400. The summed E-state index contributed by atoms with van der Waals surface area (Å²) >= 11 is 0. The molecule has 0 aliphatic carbocycles. The third-order valence-corrected chi connectivity index (χ3v) is 3.89. The Labute approximate surface area is 71.1 Å². The van der Waals surface area contributed by atoms with Gasteiger partial charge in [-0.2, -0.15) is 0 Å². The summed E-state index contributed by atoms with van der Waals surface area (Å²) in [5.74, 6) is 0.0480. The highest BCUT2D eigenvalue weighted by atomic mass is 32.2. The fourth-order valence-corrected chi connectivity index (χ4v) is 3.18. The molecule has 0 saturated heterocycles. The molecule has 0 spiro atoms. The van der Waals surface area contributed by atoms with Gasteiger partial charge < -0.3 is 5.73 Å². The first-order valence-electron chi connectivity index (χ1n) is 3.68. The fourth-order valence-electron chi connectivity index (χ4n) is 1.49. The molecule has 0 amide bonds. The SMILES string of the molecule is N[C@H]1CS(=O)(=O)c2ccccc21. The van der Waals surface area contributed by atoms with Gasteiger partial charge in [0, 0.05) is 6.04 Å². The molecule has 1 aromatic carbocycles.